The van der Waals surface area contributed by atoms with Gasteiger partial charge < -0.3 is 5.32 Å². The zero-order chi connectivity index (χ0) is 12.3. The van der Waals surface area contributed by atoms with Gasteiger partial charge in [0, 0.05) is 16.3 Å². The molecule has 1 N–H and O–H groups in total. The van der Waals surface area contributed by atoms with E-state index in [1.165, 1.54) is 17.8 Å². The summed E-state index contributed by atoms with van der Waals surface area (Å²) >= 11 is 4.65. The van der Waals surface area contributed by atoms with E-state index in [4.69, 9.17) is 0 Å². The van der Waals surface area contributed by atoms with Crippen molar-refractivity contribution in [2.24, 2.45) is 0 Å². The highest BCUT2D eigenvalue weighted by Gasteiger charge is 2.22. The van der Waals surface area contributed by atoms with Crippen molar-refractivity contribution in [2.45, 2.75) is 24.6 Å². The molecule has 0 aromatic heterocycles. The van der Waals surface area contributed by atoms with Crippen molar-refractivity contribution in [3.8, 4) is 0 Å². The number of thioether (sulfide) groups is 1. The second kappa shape index (κ2) is 5.87. The molecule has 0 radical (unpaired) electrons. The first kappa shape index (κ1) is 12.9. The third-order valence-electron chi connectivity index (χ3n) is 2.45. The highest BCUT2D eigenvalue weighted by molar-refractivity contribution is 9.10. The van der Waals surface area contributed by atoms with Crippen LogP contribution in [-0.4, -0.2) is 17.7 Å². The molecule has 0 spiro atoms. The number of rotatable bonds is 5. The molecule has 0 heterocycles. The zero-order valence-electron chi connectivity index (χ0n) is 9.21. The Morgan fingerprint density at radius 3 is 2.94 bits per heavy atom. The molecule has 1 saturated carbocycles. The second-order valence-corrected chi connectivity index (χ2v) is 5.97. The van der Waals surface area contributed by atoms with Crippen LogP contribution in [0, 0.1) is 5.82 Å². The van der Waals surface area contributed by atoms with Crippen LogP contribution >= 0.6 is 27.7 Å². The van der Waals surface area contributed by atoms with Crippen LogP contribution in [0.3, 0.4) is 0 Å². The van der Waals surface area contributed by atoms with Crippen LogP contribution in [0.4, 0.5) is 4.39 Å². The molecule has 1 aromatic rings. The highest BCUT2D eigenvalue weighted by atomic mass is 79.9. The summed E-state index contributed by atoms with van der Waals surface area (Å²) in [6.45, 7) is 0. The van der Waals surface area contributed by atoms with Gasteiger partial charge in [-0.15, -0.1) is 11.8 Å². The quantitative estimate of drug-likeness (QED) is 0.904. The Hall–Kier alpha value is -0.550. The van der Waals surface area contributed by atoms with E-state index in [0.29, 0.717) is 23.1 Å². The van der Waals surface area contributed by atoms with Gasteiger partial charge in [0.1, 0.15) is 5.82 Å². The minimum atomic E-state index is -0.227. The molecule has 1 aromatic carbocycles. The molecule has 0 atom stereocenters. The van der Waals surface area contributed by atoms with Crippen molar-refractivity contribution in [2.75, 3.05) is 5.75 Å². The van der Waals surface area contributed by atoms with E-state index in [9.17, 15) is 9.18 Å². The molecule has 17 heavy (non-hydrogen) atoms. The van der Waals surface area contributed by atoms with E-state index in [-0.39, 0.29) is 11.7 Å². The van der Waals surface area contributed by atoms with Crippen LogP contribution in [0.1, 0.15) is 18.4 Å². The Balaban J connectivity index is 1.75. The number of hydrogen-bond acceptors (Lipinski definition) is 2. The first-order valence-corrected chi connectivity index (χ1v) is 7.41. The third-order valence-corrected chi connectivity index (χ3v) is 3.92. The predicted molar refractivity (Wildman–Crippen MR) is 71.4 cm³/mol. The Labute approximate surface area is 112 Å². The fraction of sp³-hybridized carbons (Fsp3) is 0.417. The maximum absolute atomic E-state index is 13.5. The number of nitrogens with one attached hydrogen (secondary N) is 1. The van der Waals surface area contributed by atoms with Gasteiger partial charge in [-0.05, 0) is 30.5 Å². The number of halogens is 2. The van der Waals surface area contributed by atoms with Gasteiger partial charge in [0.25, 0.3) is 0 Å². The van der Waals surface area contributed by atoms with Crippen molar-refractivity contribution in [1.29, 1.82) is 0 Å². The second-order valence-electron chi connectivity index (χ2n) is 4.07. The molecule has 0 aliphatic heterocycles. The lowest BCUT2D eigenvalue weighted by Gasteiger charge is -2.04. The minimum Gasteiger partial charge on any atom is -0.353 e. The molecule has 2 rings (SSSR count). The van der Waals surface area contributed by atoms with Gasteiger partial charge in [-0.2, -0.15) is 0 Å². The molecule has 5 heteroatoms. The lowest BCUT2D eigenvalue weighted by Crippen LogP contribution is -2.27. The molecular formula is C12H13BrFNOS. The number of carbonyl (C=O) groups is 1. The molecule has 1 fully saturated rings. The van der Waals surface area contributed by atoms with Gasteiger partial charge in [-0.25, -0.2) is 4.39 Å². The number of hydrogen-bond donors (Lipinski definition) is 1. The van der Waals surface area contributed by atoms with Crippen molar-refractivity contribution in [3.05, 3.63) is 34.1 Å². The van der Waals surface area contributed by atoms with Crippen LogP contribution in [0.5, 0.6) is 0 Å². The molecule has 0 bridgehead atoms. The number of benzene rings is 1. The van der Waals surface area contributed by atoms with E-state index in [1.807, 2.05) is 6.07 Å². The summed E-state index contributed by atoms with van der Waals surface area (Å²) in [4.78, 5) is 11.4. The van der Waals surface area contributed by atoms with Gasteiger partial charge in [0.2, 0.25) is 5.91 Å². The maximum atomic E-state index is 13.5. The first-order chi connectivity index (χ1) is 8.15. The lowest BCUT2D eigenvalue weighted by atomic mass is 10.2. The van der Waals surface area contributed by atoms with Crippen molar-refractivity contribution in [3.63, 3.8) is 0 Å². The summed E-state index contributed by atoms with van der Waals surface area (Å²) in [5.41, 5.74) is 0.637. The van der Waals surface area contributed by atoms with Crippen LogP contribution in [0.25, 0.3) is 0 Å². The monoisotopic (exact) mass is 317 g/mol. The summed E-state index contributed by atoms with van der Waals surface area (Å²) in [5, 5.41) is 2.90. The number of carbonyl (C=O) groups excluding carboxylic acids is 1. The lowest BCUT2D eigenvalue weighted by molar-refractivity contribution is -0.118. The molecule has 0 saturated heterocycles. The average Bonchev–Trinajstić information content (AvgIpc) is 3.05. The number of amides is 1. The maximum Gasteiger partial charge on any atom is 0.230 e. The van der Waals surface area contributed by atoms with Crippen LogP contribution < -0.4 is 5.32 Å². The van der Waals surface area contributed by atoms with Crippen molar-refractivity contribution >= 4 is 33.6 Å². The van der Waals surface area contributed by atoms with Gasteiger partial charge in [-0.1, -0.05) is 22.0 Å². The molecule has 1 amide bonds. The Morgan fingerprint density at radius 2 is 2.29 bits per heavy atom. The molecule has 92 valence electrons. The van der Waals surface area contributed by atoms with E-state index in [1.54, 1.807) is 6.07 Å². The van der Waals surface area contributed by atoms with Gasteiger partial charge in [-0.3, -0.25) is 4.79 Å². The fourth-order valence-electron chi connectivity index (χ4n) is 1.39. The summed E-state index contributed by atoms with van der Waals surface area (Å²) in [6, 6.07) is 5.39. The largest absolute Gasteiger partial charge is 0.353 e. The SMILES string of the molecule is O=C(CSCc1ccc(Br)cc1F)NC1CC1. The van der Waals surface area contributed by atoms with Gasteiger partial charge >= 0.3 is 0 Å². The molecule has 1 aliphatic rings. The van der Waals surface area contributed by atoms with E-state index >= 15 is 0 Å². The minimum absolute atomic E-state index is 0.0509. The van der Waals surface area contributed by atoms with Gasteiger partial charge in [0.05, 0.1) is 5.75 Å². The summed E-state index contributed by atoms with van der Waals surface area (Å²) < 4.78 is 14.2. The smallest absolute Gasteiger partial charge is 0.230 e. The summed E-state index contributed by atoms with van der Waals surface area (Å²) in [7, 11) is 0. The van der Waals surface area contributed by atoms with Crippen molar-refractivity contribution < 1.29 is 9.18 Å². The average molecular weight is 318 g/mol. The fourth-order valence-corrected chi connectivity index (χ4v) is 2.55. The van der Waals surface area contributed by atoms with Crippen LogP contribution in [0.2, 0.25) is 0 Å². The van der Waals surface area contributed by atoms with Crippen LogP contribution in [-0.2, 0) is 10.5 Å². The highest BCUT2D eigenvalue weighted by Crippen LogP contribution is 2.21. The standard InChI is InChI=1S/C12H13BrFNOS/c13-9-2-1-8(11(14)5-9)6-17-7-12(16)15-10-3-4-10/h1-2,5,10H,3-4,6-7H2,(H,15,16). The normalized spacial score (nSPS) is 14.7. The summed E-state index contributed by atoms with van der Waals surface area (Å²) in [6.07, 6.45) is 2.19. The molecule has 1 aliphatic carbocycles. The van der Waals surface area contributed by atoms with Crippen LogP contribution in [0.15, 0.2) is 22.7 Å². The zero-order valence-corrected chi connectivity index (χ0v) is 11.6. The van der Waals surface area contributed by atoms with Gasteiger partial charge in [0.15, 0.2) is 0 Å². The van der Waals surface area contributed by atoms with Crippen molar-refractivity contribution in [1.82, 2.24) is 5.32 Å². The molecule has 2 nitrogen and oxygen atoms in total. The molecule has 0 unspecified atom stereocenters. The van der Waals surface area contributed by atoms with E-state index < -0.39 is 0 Å². The third kappa shape index (κ3) is 4.32. The van der Waals surface area contributed by atoms with E-state index in [0.717, 1.165) is 17.3 Å². The Morgan fingerprint density at radius 1 is 1.53 bits per heavy atom. The Bertz CT molecular complexity index is 423. The predicted octanol–water partition coefficient (Wildman–Crippen LogP) is 3.10. The Kier molecular flexibility index (Phi) is 4.45. The topological polar surface area (TPSA) is 29.1 Å². The molecular weight excluding hydrogens is 305 g/mol. The summed E-state index contributed by atoms with van der Waals surface area (Å²) in [5.74, 6) is 0.743. The van der Waals surface area contributed by atoms with E-state index in [2.05, 4.69) is 21.2 Å². The first-order valence-electron chi connectivity index (χ1n) is 5.46.